The molecule has 2 aromatic rings. The van der Waals surface area contributed by atoms with Crippen LogP contribution in [0.1, 0.15) is 6.92 Å². The number of nitrogens with zero attached hydrogens (tertiary/aromatic N) is 3. The van der Waals surface area contributed by atoms with Gasteiger partial charge in [-0.25, -0.2) is 4.99 Å². The lowest BCUT2D eigenvalue weighted by Crippen LogP contribution is -2.39. The van der Waals surface area contributed by atoms with Gasteiger partial charge in [0.05, 0.1) is 21.4 Å². The van der Waals surface area contributed by atoms with Crippen molar-refractivity contribution in [2.45, 2.75) is 6.92 Å². The van der Waals surface area contributed by atoms with Gasteiger partial charge in [0.15, 0.2) is 0 Å². The molecular weight excluding hydrogens is 333 g/mol. The molecule has 23 heavy (non-hydrogen) atoms. The number of benzene rings is 2. The molecule has 3 rings (SSSR count). The Labute approximate surface area is 144 Å². The minimum atomic E-state index is 0.386. The van der Waals surface area contributed by atoms with E-state index in [1.54, 1.807) is 12.1 Å². The van der Waals surface area contributed by atoms with E-state index in [4.69, 9.17) is 23.2 Å². The van der Waals surface area contributed by atoms with E-state index >= 15 is 0 Å². The van der Waals surface area contributed by atoms with Crippen LogP contribution in [0.25, 0.3) is 0 Å². The Bertz CT molecular complexity index is 738. The molecule has 118 valence electrons. The Hall–Kier alpha value is -2.24. The third-order valence-electron chi connectivity index (χ3n) is 3.32. The minimum absolute atomic E-state index is 0.386. The monoisotopic (exact) mass is 347 g/mol. The highest BCUT2D eigenvalue weighted by atomic mass is 35.5. The van der Waals surface area contributed by atoms with Crippen molar-refractivity contribution in [1.82, 2.24) is 5.43 Å². The SMILES string of the molecule is CC1=NC(NNc2ccccc2)=NCN1c1c(Cl)cccc1Cl. The average Bonchev–Trinajstić information content (AvgIpc) is 2.55. The summed E-state index contributed by atoms with van der Waals surface area (Å²) in [6.07, 6.45) is 0. The summed E-state index contributed by atoms with van der Waals surface area (Å²) in [7, 11) is 0. The first kappa shape index (κ1) is 15.6. The van der Waals surface area contributed by atoms with Crippen LogP contribution in [0.2, 0.25) is 10.0 Å². The van der Waals surface area contributed by atoms with Gasteiger partial charge in [0.1, 0.15) is 12.5 Å². The lowest BCUT2D eigenvalue weighted by molar-refractivity contribution is 0.942. The molecule has 0 saturated heterocycles. The van der Waals surface area contributed by atoms with Gasteiger partial charge in [-0.3, -0.25) is 10.9 Å². The topological polar surface area (TPSA) is 52.0 Å². The van der Waals surface area contributed by atoms with Crippen LogP contribution in [0.5, 0.6) is 0 Å². The quantitative estimate of drug-likeness (QED) is 0.819. The third-order valence-corrected chi connectivity index (χ3v) is 3.93. The maximum atomic E-state index is 6.25. The van der Waals surface area contributed by atoms with Gasteiger partial charge in [0.2, 0.25) is 5.96 Å². The molecule has 0 amide bonds. The molecule has 0 saturated carbocycles. The van der Waals surface area contributed by atoms with Crippen LogP contribution in [-0.2, 0) is 0 Å². The molecule has 0 atom stereocenters. The van der Waals surface area contributed by atoms with Crippen molar-refractivity contribution >= 4 is 46.4 Å². The van der Waals surface area contributed by atoms with Crippen LogP contribution in [0.4, 0.5) is 11.4 Å². The summed E-state index contributed by atoms with van der Waals surface area (Å²) in [4.78, 5) is 10.7. The summed E-state index contributed by atoms with van der Waals surface area (Å²) in [5.41, 5.74) is 7.69. The second kappa shape index (κ2) is 6.89. The first-order chi connectivity index (χ1) is 11.1. The van der Waals surface area contributed by atoms with E-state index in [9.17, 15) is 0 Å². The predicted molar refractivity (Wildman–Crippen MR) is 97.6 cm³/mol. The van der Waals surface area contributed by atoms with Crippen molar-refractivity contribution < 1.29 is 0 Å². The van der Waals surface area contributed by atoms with E-state index < -0.39 is 0 Å². The number of guanidine groups is 1. The molecule has 0 spiro atoms. The summed E-state index contributed by atoms with van der Waals surface area (Å²) < 4.78 is 0. The number of para-hydroxylation sites is 2. The normalized spacial score (nSPS) is 14.1. The lowest BCUT2D eigenvalue weighted by atomic mass is 10.3. The van der Waals surface area contributed by atoms with Gasteiger partial charge in [-0.15, -0.1) is 0 Å². The fraction of sp³-hybridized carbons (Fsp3) is 0.125. The van der Waals surface area contributed by atoms with Crippen molar-refractivity contribution in [2.75, 3.05) is 17.0 Å². The van der Waals surface area contributed by atoms with Crippen LogP contribution >= 0.6 is 23.2 Å². The van der Waals surface area contributed by atoms with Gasteiger partial charge in [-0.2, -0.15) is 4.99 Å². The average molecular weight is 348 g/mol. The molecule has 0 aromatic heterocycles. The smallest absolute Gasteiger partial charge is 0.240 e. The van der Waals surface area contributed by atoms with Crippen molar-refractivity contribution in [3.8, 4) is 0 Å². The largest absolute Gasteiger partial charge is 0.307 e. The van der Waals surface area contributed by atoms with Crippen LogP contribution in [-0.4, -0.2) is 18.5 Å². The maximum Gasteiger partial charge on any atom is 0.240 e. The highest BCUT2D eigenvalue weighted by Crippen LogP contribution is 2.34. The van der Waals surface area contributed by atoms with E-state index in [0.717, 1.165) is 17.2 Å². The molecule has 5 nitrogen and oxygen atoms in total. The van der Waals surface area contributed by atoms with Crippen molar-refractivity contribution in [2.24, 2.45) is 9.98 Å². The number of amidine groups is 1. The van der Waals surface area contributed by atoms with Crippen LogP contribution in [0, 0.1) is 0 Å². The first-order valence-electron chi connectivity index (χ1n) is 7.03. The van der Waals surface area contributed by atoms with Gasteiger partial charge >= 0.3 is 0 Å². The Morgan fingerprint density at radius 3 is 2.30 bits per heavy atom. The molecule has 0 aliphatic carbocycles. The number of hydrogen-bond acceptors (Lipinski definition) is 5. The van der Waals surface area contributed by atoms with E-state index in [2.05, 4.69) is 20.8 Å². The molecule has 0 bridgehead atoms. The lowest BCUT2D eigenvalue weighted by Gasteiger charge is -2.27. The minimum Gasteiger partial charge on any atom is -0.307 e. The molecule has 0 fully saturated rings. The summed E-state index contributed by atoms with van der Waals surface area (Å²) in [6.45, 7) is 2.27. The Kier molecular flexibility index (Phi) is 4.69. The number of hydrogen-bond donors (Lipinski definition) is 2. The molecule has 1 heterocycles. The van der Waals surface area contributed by atoms with E-state index in [1.165, 1.54) is 0 Å². The number of anilines is 2. The van der Waals surface area contributed by atoms with Gasteiger partial charge in [-0.05, 0) is 31.2 Å². The Morgan fingerprint density at radius 1 is 0.957 bits per heavy atom. The predicted octanol–water partition coefficient (Wildman–Crippen LogP) is 4.16. The number of hydrazine groups is 1. The van der Waals surface area contributed by atoms with Gasteiger partial charge < -0.3 is 4.90 Å². The zero-order chi connectivity index (χ0) is 16.2. The number of halogens is 2. The number of rotatable bonds is 3. The van der Waals surface area contributed by atoms with Gasteiger partial charge in [0.25, 0.3) is 0 Å². The van der Waals surface area contributed by atoms with Crippen LogP contribution in [0.3, 0.4) is 0 Å². The second-order valence-electron chi connectivity index (χ2n) is 4.90. The molecule has 1 aliphatic rings. The highest BCUT2D eigenvalue weighted by Gasteiger charge is 2.20. The molecule has 2 aromatic carbocycles. The molecule has 2 N–H and O–H groups in total. The van der Waals surface area contributed by atoms with Crippen molar-refractivity contribution in [3.63, 3.8) is 0 Å². The standard InChI is InChI=1S/C16H15Cl2N5/c1-11-20-16(22-21-12-6-3-2-4-7-12)19-10-23(11)15-13(17)8-5-9-14(15)18/h2-9,21H,10H2,1H3,(H,19,22). The van der Waals surface area contributed by atoms with Crippen molar-refractivity contribution in [3.05, 3.63) is 58.6 Å². The molecular formula is C16H15Cl2N5. The van der Waals surface area contributed by atoms with Crippen LogP contribution in [0.15, 0.2) is 58.5 Å². The summed E-state index contributed by atoms with van der Waals surface area (Å²) >= 11 is 12.5. The summed E-state index contributed by atoms with van der Waals surface area (Å²) in [6, 6.07) is 15.1. The summed E-state index contributed by atoms with van der Waals surface area (Å²) in [5, 5.41) is 1.14. The first-order valence-corrected chi connectivity index (χ1v) is 7.79. The van der Waals surface area contributed by atoms with Gasteiger partial charge in [-0.1, -0.05) is 47.5 Å². The van der Waals surface area contributed by atoms with E-state index in [0.29, 0.717) is 22.7 Å². The molecule has 0 radical (unpaired) electrons. The highest BCUT2D eigenvalue weighted by molar-refractivity contribution is 6.40. The second-order valence-corrected chi connectivity index (χ2v) is 5.71. The van der Waals surface area contributed by atoms with Crippen molar-refractivity contribution in [1.29, 1.82) is 0 Å². The Balaban J connectivity index is 1.72. The fourth-order valence-electron chi connectivity index (χ4n) is 2.19. The number of nitrogens with one attached hydrogen (secondary N) is 2. The maximum absolute atomic E-state index is 6.25. The fourth-order valence-corrected chi connectivity index (χ4v) is 2.79. The number of aliphatic imine (C=N–C) groups is 2. The third kappa shape index (κ3) is 3.57. The summed E-state index contributed by atoms with van der Waals surface area (Å²) in [5.74, 6) is 1.26. The van der Waals surface area contributed by atoms with E-state index in [1.807, 2.05) is 48.2 Å². The van der Waals surface area contributed by atoms with Crippen LogP contribution < -0.4 is 15.8 Å². The Morgan fingerprint density at radius 2 is 1.65 bits per heavy atom. The molecule has 0 unspecified atom stereocenters. The zero-order valence-electron chi connectivity index (χ0n) is 12.4. The molecule has 7 heteroatoms. The van der Waals surface area contributed by atoms with Gasteiger partial charge in [0, 0.05) is 0 Å². The zero-order valence-corrected chi connectivity index (χ0v) is 13.9. The van der Waals surface area contributed by atoms with E-state index in [-0.39, 0.29) is 0 Å². The molecule has 1 aliphatic heterocycles.